The van der Waals surface area contributed by atoms with Gasteiger partial charge in [-0.2, -0.15) is 0 Å². The van der Waals surface area contributed by atoms with Gasteiger partial charge in [0.1, 0.15) is 0 Å². The Morgan fingerprint density at radius 1 is 1.18 bits per heavy atom. The van der Waals surface area contributed by atoms with Crippen LogP contribution < -0.4 is 5.32 Å². The molecule has 2 nitrogen and oxygen atoms in total. The van der Waals surface area contributed by atoms with E-state index < -0.39 is 0 Å². The van der Waals surface area contributed by atoms with E-state index in [0.29, 0.717) is 12.0 Å². The van der Waals surface area contributed by atoms with Crippen LogP contribution in [0.2, 0.25) is 0 Å². The van der Waals surface area contributed by atoms with Gasteiger partial charge in [-0.15, -0.1) is 0 Å². The van der Waals surface area contributed by atoms with Crippen LogP contribution in [0.5, 0.6) is 0 Å². The van der Waals surface area contributed by atoms with E-state index in [-0.39, 0.29) is 0 Å². The standard InChI is InChI=1S/C15H26N2/c1-5-14(6-2)16-10-13-7-8-15(17-11-13)9-12(3)4/h7-8,11-12,14,16H,5-6,9-10H2,1-4H3. The molecule has 96 valence electrons. The van der Waals surface area contributed by atoms with E-state index >= 15 is 0 Å². The maximum atomic E-state index is 4.51. The van der Waals surface area contributed by atoms with Crippen molar-refractivity contribution in [3.05, 3.63) is 29.6 Å². The molecule has 0 aliphatic carbocycles. The molecule has 0 radical (unpaired) electrons. The highest BCUT2D eigenvalue weighted by Gasteiger charge is 2.03. The fourth-order valence-corrected chi connectivity index (χ4v) is 1.94. The molecule has 0 unspecified atom stereocenters. The second-order valence-corrected chi connectivity index (χ2v) is 5.15. The Balaban J connectivity index is 2.45. The fourth-order valence-electron chi connectivity index (χ4n) is 1.94. The third-order valence-electron chi connectivity index (χ3n) is 3.08. The van der Waals surface area contributed by atoms with Crippen molar-refractivity contribution < 1.29 is 0 Å². The van der Waals surface area contributed by atoms with E-state index in [2.05, 4.69) is 50.1 Å². The van der Waals surface area contributed by atoms with Crippen molar-refractivity contribution >= 4 is 0 Å². The molecule has 1 aromatic heterocycles. The molecule has 0 saturated carbocycles. The summed E-state index contributed by atoms with van der Waals surface area (Å²) in [6, 6.07) is 4.98. The van der Waals surface area contributed by atoms with Crippen LogP contribution in [0, 0.1) is 5.92 Å². The van der Waals surface area contributed by atoms with Gasteiger partial charge in [0.25, 0.3) is 0 Å². The highest BCUT2D eigenvalue weighted by molar-refractivity contribution is 5.14. The first kappa shape index (κ1) is 14.2. The summed E-state index contributed by atoms with van der Waals surface area (Å²) >= 11 is 0. The van der Waals surface area contributed by atoms with Crippen molar-refractivity contribution in [1.82, 2.24) is 10.3 Å². The van der Waals surface area contributed by atoms with Crippen molar-refractivity contribution in [1.29, 1.82) is 0 Å². The number of hydrogen-bond donors (Lipinski definition) is 1. The largest absolute Gasteiger partial charge is 0.310 e. The number of nitrogens with one attached hydrogen (secondary N) is 1. The molecule has 0 aliphatic heterocycles. The van der Waals surface area contributed by atoms with Gasteiger partial charge in [-0.25, -0.2) is 0 Å². The first-order valence-corrected chi connectivity index (χ1v) is 6.82. The summed E-state index contributed by atoms with van der Waals surface area (Å²) in [5.41, 5.74) is 2.48. The minimum absolute atomic E-state index is 0.630. The average Bonchev–Trinajstić information content (AvgIpc) is 2.32. The lowest BCUT2D eigenvalue weighted by atomic mass is 10.1. The molecule has 17 heavy (non-hydrogen) atoms. The lowest BCUT2D eigenvalue weighted by Crippen LogP contribution is -2.27. The Morgan fingerprint density at radius 2 is 1.88 bits per heavy atom. The highest BCUT2D eigenvalue weighted by atomic mass is 14.9. The summed E-state index contributed by atoms with van der Waals surface area (Å²) in [6.07, 6.45) is 5.46. The number of nitrogens with zero attached hydrogens (tertiary/aromatic N) is 1. The quantitative estimate of drug-likeness (QED) is 0.780. The van der Waals surface area contributed by atoms with Crippen molar-refractivity contribution in [2.75, 3.05) is 0 Å². The summed E-state index contributed by atoms with van der Waals surface area (Å²) in [5, 5.41) is 3.56. The third kappa shape index (κ3) is 5.31. The third-order valence-corrected chi connectivity index (χ3v) is 3.08. The molecule has 1 N–H and O–H groups in total. The van der Waals surface area contributed by atoms with Gasteiger partial charge in [0.15, 0.2) is 0 Å². The second-order valence-electron chi connectivity index (χ2n) is 5.15. The molecule has 0 aromatic carbocycles. The van der Waals surface area contributed by atoms with Crippen LogP contribution in [0.25, 0.3) is 0 Å². The predicted octanol–water partition coefficient (Wildman–Crippen LogP) is 3.56. The summed E-state index contributed by atoms with van der Waals surface area (Å²) in [4.78, 5) is 4.51. The van der Waals surface area contributed by atoms with Gasteiger partial charge in [-0.3, -0.25) is 4.98 Å². The lowest BCUT2D eigenvalue weighted by molar-refractivity contribution is 0.483. The second kappa shape index (κ2) is 7.44. The van der Waals surface area contributed by atoms with Crippen LogP contribution in [0.3, 0.4) is 0 Å². The molecule has 0 atom stereocenters. The van der Waals surface area contributed by atoms with Crippen LogP contribution in [0.4, 0.5) is 0 Å². The van der Waals surface area contributed by atoms with E-state index in [1.54, 1.807) is 0 Å². The molecule has 0 aliphatic rings. The number of hydrogen-bond acceptors (Lipinski definition) is 2. The van der Waals surface area contributed by atoms with Crippen LogP contribution in [-0.4, -0.2) is 11.0 Å². The summed E-state index contributed by atoms with van der Waals surface area (Å²) < 4.78 is 0. The molecule has 1 rings (SSSR count). The van der Waals surface area contributed by atoms with E-state index in [4.69, 9.17) is 0 Å². The molecular weight excluding hydrogens is 208 g/mol. The maximum Gasteiger partial charge on any atom is 0.0406 e. The van der Waals surface area contributed by atoms with Crippen LogP contribution in [0.15, 0.2) is 18.3 Å². The lowest BCUT2D eigenvalue weighted by Gasteiger charge is -2.14. The monoisotopic (exact) mass is 234 g/mol. The molecule has 0 amide bonds. The smallest absolute Gasteiger partial charge is 0.0406 e. The summed E-state index contributed by atoms with van der Waals surface area (Å²) in [5.74, 6) is 0.677. The fraction of sp³-hybridized carbons (Fsp3) is 0.667. The highest BCUT2D eigenvalue weighted by Crippen LogP contribution is 2.07. The topological polar surface area (TPSA) is 24.9 Å². The molecule has 0 saturated heterocycles. The zero-order chi connectivity index (χ0) is 12.7. The Morgan fingerprint density at radius 3 is 2.35 bits per heavy atom. The summed E-state index contributed by atoms with van der Waals surface area (Å²) in [6.45, 7) is 9.84. The van der Waals surface area contributed by atoms with Gasteiger partial charge >= 0.3 is 0 Å². The summed E-state index contributed by atoms with van der Waals surface area (Å²) in [7, 11) is 0. The van der Waals surface area contributed by atoms with Crippen LogP contribution in [0.1, 0.15) is 51.8 Å². The first-order chi connectivity index (χ1) is 8.15. The van der Waals surface area contributed by atoms with Crippen molar-refractivity contribution in [3.8, 4) is 0 Å². The van der Waals surface area contributed by atoms with Crippen LogP contribution >= 0.6 is 0 Å². The molecular formula is C15H26N2. The van der Waals surface area contributed by atoms with Gasteiger partial charge in [0, 0.05) is 24.5 Å². The Labute approximate surface area is 106 Å². The maximum absolute atomic E-state index is 4.51. The van der Waals surface area contributed by atoms with E-state index in [1.807, 2.05) is 6.20 Å². The normalized spacial score (nSPS) is 11.4. The van der Waals surface area contributed by atoms with E-state index in [0.717, 1.165) is 13.0 Å². The minimum atomic E-state index is 0.630. The van der Waals surface area contributed by atoms with Gasteiger partial charge in [-0.1, -0.05) is 33.8 Å². The average molecular weight is 234 g/mol. The van der Waals surface area contributed by atoms with Gasteiger partial charge in [0.2, 0.25) is 0 Å². The van der Waals surface area contributed by atoms with Crippen LogP contribution in [-0.2, 0) is 13.0 Å². The van der Waals surface area contributed by atoms with E-state index in [1.165, 1.54) is 24.1 Å². The zero-order valence-corrected chi connectivity index (χ0v) is 11.7. The molecule has 0 bridgehead atoms. The number of aromatic nitrogens is 1. The SMILES string of the molecule is CCC(CC)NCc1ccc(CC(C)C)nc1. The molecule has 1 heterocycles. The van der Waals surface area contributed by atoms with E-state index in [9.17, 15) is 0 Å². The molecule has 2 heteroatoms. The zero-order valence-electron chi connectivity index (χ0n) is 11.7. The van der Waals surface area contributed by atoms with Crippen molar-refractivity contribution in [2.24, 2.45) is 5.92 Å². The predicted molar refractivity (Wildman–Crippen MR) is 74.0 cm³/mol. The Hall–Kier alpha value is -0.890. The molecule has 1 aromatic rings. The Kier molecular flexibility index (Phi) is 6.20. The first-order valence-electron chi connectivity index (χ1n) is 6.82. The molecule has 0 spiro atoms. The van der Waals surface area contributed by atoms with Gasteiger partial charge in [-0.05, 0) is 36.8 Å². The van der Waals surface area contributed by atoms with Crippen molar-refractivity contribution in [2.45, 2.75) is 59.5 Å². The number of rotatable bonds is 7. The van der Waals surface area contributed by atoms with Gasteiger partial charge < -0.3 is 5.32 Å². The Bertz CT molecular complexity index is 299. The number of pyridine rings is 1. The molecule has 0 fully saturated rings. The van der Waals surface area contributed by atoms with Gasteiger partial charge in [0.05, 0.1) is 0 Å². The van der Waals surface area contributed by atoms with Crippen molar-refractivity contribution in [3.63, 3.8) is 0 Å². The minimum Gasteiger partial charge on any atom is -0.310 e.